The third-order valence-electron chi connectivity index (χ3n) is 4.19. The Morgan fingerprint density at radius 2 is 2.05 bits per heavy atom. The van der Waals surface area contributed by atoms with E-state index in [0.29, 0.717) is 0 Å². The van der Waals surface area contributed by atoms with Crippen LogP contribution in [-0.4, -0.2) is 36.1 Å². The van der Waals surface area contributed by atoms with Crippen LogP contribution in [0.5, 0.6) is 0 Å². The van der Waals surface area contributed by atoms with Crippen LogP contribution in [-0.2, 0) is 0 Å². The van der Waals surface area contributed by atoms with E-state index in [4.69, 9.17) is 0 Å². The van der Waals surface area contributed by atoms with Crippen molar-refractivity contribution in [2.75, 3.05) is 19.6 Å². The van der Waals surface area contributed by atoms with E-state index in [1.807, 2.05) is 6.92 Å². The molecule has 3 nitrogen and oxygen atoms in total. The van der Waals surface area contributed by atoms with Gasteiger partial charge in [0.25, 0.3) is 0 Å². The summed E-state index contributed by atoms with van der Waals surface area (Å²) in [6.45, 7) is 12.1. The lowest BCUT2D eigenvalue weighted by Crippen LogP contribution is -2.42. The van der Waals surface area contributed by atoms with Crippen molar-refractivity contribution in [3.63, 3.8) is 0 Å². The van der Waals surface area contributed by atoms with Crippen LogP contribution >= 0.6 is 0 Å². The van der Waals surface area contributed by atoms with E-state index >= 15 is 0 Å². The summed E-state index contributed by atoms with van der Waals surface area (Å²) in [7, 11) is 0. The Labute approximate surface area is 125 Å². The molecule has 20 heavy (non-hydrogen) atoms. The molecule has 0 aromatic heterocycles. The van der Waals surface area contributed by atoms with Gasteiger partial charge in [0.05, 0.1) is 6.07 Å². The summed E-state index contributed by atoms with van der Waals surface area (Å²) in [4.78, 5) is 2.65. The lowest BCUT2D eigenvalue weighted by Gasteiger charge is -2.27. The van der Waals surface area contributed by atoms with Gasteiger partial charge in [-0.3, -0.25) is 5.32 Å². The highest BCUT2D eigenvalue weighted by atomic mass is 15.2. The van der Waals surface area contributed by atoms with Gasteiger partial charge in [-0.1, -0.05) is 20.8 Å². The van der Waals surface area contributed by atoms with Crippen molar-refractivity contribution in [2.45, 2.75) is 77.8 Å². The summed E-state index contributed by atoms with van der Waals surface area (Å²) in [5.41, 5.74) is -0.344. The topological polar surface area (TPSA) is 39.1 Å². The van der Waals surface area contributed by atoms with E-state index in [-0.39, 0.29) is 5.54 Å². The number of nitriles is 1. The summed E-state index contributed by atoms with van der Waals surface area (Å²) < 4.78 is 0. The van der Waals surface area contributed by atoms with Crippen LogP contribution < -0.4 is 5.32 Å². The molecule has 0 radical (unpaired) electrons. The number of nitrogens with one attached hydrogen (secondary N) is 1. The molecule has 1 aliphatic carbocycles. The molecule has 0 aliphatic heterocycles. The minimum Gasteiger partial charge on any atom is -0.300 e. The second kappa shape index (κ2) is 8.64. The molecule has 1 atom stereocenters. The highest BCUT2D eigenvalue weighted by Gasteiger charge is 2.29. The summed E-state index contributed by atoms with van der Waals surface area (Å²) in [6.07, 6.45) is 7.20. The summed E-state index contributed by atoms with van der Waals surface area (Å²) in [6, 6.07) is 3.29. The maximum atomic E-state index is 9.35. The van der Waals surface area contributed by atoms with Crippen molar-refractivity contribution in [1.82, 2.24) is 10.2 Å². The lowest BCUT2D eigenvalue weighted by atomic mass is 9.97. The van der Waals surface area contributed by atoms with Crippen LogP contribution in [0.15, 0.2) is 0 Å². The molecule has 0 saturated heterocycles. The molecule has 1 aliphatic rings. The Kier molecular flexibility index (Phi) is 7.55. The quantitative estimate of drug-likeness (QED) is 0.628. The molecule has 0 spiro atoms. The second-order valence-corrected chi connectivity index (χ2v) is 6.92. The summed E-state index contributed by atoms with van der Waals surface area (Å²) in [5, 5.41) is 12.7. The van der Waals surface area contributed by atoms with Gasteiger partial charge < -0.3 is 4.90 Å². The van der Waals surface area contributed by atoms with Crippen molar-refractivity contribution in [3.05, 3.63) is 0 Å². The fraction of sp³-hybridized carbons (Fsp3) is 0.941. The zero-order valence-corrected chi connectivity index (χ0v) is 13.9. The van der Waals surface area contributed by atoms with E-state index < -0.39 is 0 Å². The minimum absolute atomic E-state index is 0.344. The van der Waals surface area contributed by atoms with Crippen molar-refractivity contribution in [3.8, 4) is 6.07 Å². The molecule has 0 bridgehead atoms. The first-order valence-electron chi connectivity index (χ1n) is 8.41. The number of nitrogens with zero attached hydrogens (tertiary/aromatic N) is 2. The maximum absolute atomic E-state index is 9.35. The van der Waals surface area contributed by atoms with E-state index in [1.165, 1.54) is 25.8 Å². The number of hydrogen-bond donors (Lipinski definition) is 1. The summed E-state index contributed by atoms with van der Waals surface area (Å²) >= 11 is 0. The molecule has 0 aromatic rings. The van der Waals surface area contributed by atoms with E-state index in [9.17, 15) is 5.26 Å². The van der Waals surface area contributed by atoms with Crippen LogP contribution in [0.25, 0.3) is 0 Å². The van der Waals surface area contributed by atoms with Gasteiger partial charge in [-0.25, -0.2) is 0 Å². The molecule has 1 unspecified atom stereocenters. The largest absolute Gasteiger partial charge is 0.300 e. The number of hydrogen-bond acceptors (Lipinski definition) is 3. The molecule has 0 aromatic carbocycles. The van der Waals surface area contributed by atoms with Crippen molar-refractivity contribution >= 4 is 0 Å². The maximum Gasteiger partial charge on any atom is 0.103 e. The average Bonchev–Trinajstić information content (AvgIpc) is 3.24. The third kappa shape index (κ3) is 6.72. The van der Waals surface area contributed by atoms with Crippen molar-refractivity contribution in [2.24, 2.45) is 5.92 Å². The van der Waals surface area contributed by atoms with Gasteiger partial charge in [0.2, 0.25) is 0 Å². The molecule has 0 amide bonds. The predicted octanol–water partition coefficient (Wildman–Crippen LogP) is 3.56. The molecule has 0 heterocycles. The Balaban J connectivity index is 2.30. The zero-order valence-electron chi connectivity index (χ0n) is 13.9. The van der Waals surface area contributed by atoms with E-state index in [2.05, 4.69) is 37.1 Å². The van der Waals surface area contributed by atoms with Crippen LogP contribution in [0.3, 0.4) is 0 Å². The average molecular weight is 279 g/mol. The van der Waals surface area contributed by atoms with Crippen LogP contribution in [0.4, 0.5) is 0 Å². The zero-order chi connectivity index (χ0) is 15.0. The molecular weight excluding hydrogens is 246 g/mol. The van der Waals surface area contributed by atoms with Crippen molar-refractivity contribution in [1.29, 1.82) is 5.26 Å². The van der Waals surface area contributed by atoms with Gasteiger partial charge in [-0.15, -0.1) is 0 Å². The Morgan fingerprint density at radius 1 is 1.35 bits per heavy atom. The Hall–Kier alpha value is -0.590. The van der Waals surface area contributed by atoms with Crippen LogP contribution in [0.2, 0.25) is 0 Å². The van der Waals surface area contributed by atoms with Crippen LogP contribution in [0, 0.1) is 17.2 Å². The van der Waals surface area contributed by atoms with Gasteiger partial charge >= 0.3 is 0 Å². The first-order chi connectivity index (χ1) is 9.50. The first-order valence-corrected chi connectivity index (χ1v) is 8.41. The van der Waals surface area contributed by atoms with Crippen LogP contribution in [0.1, 0.15) is 66.2 Å². The van der Waals surface area contributed by atoms with Crippen molar-refractivity contribution < 1.29 is 0 Å². The normalized spacial score (nSPS) is 18.2. The molecule has 3 heteroatoms. The van der Waals surface area contributed by atoms with Gasteiger partial charge in [0.1, 0.15) is 5.54 Å². The summed E-state index contributed by atoms with van der Waals surface area (Å²) in [5.74, 6) is 0.784. The monoisotopic (exact) mass is 279 g/mol. The highest BCUT2D eigenvalue weighted by molar-refractivity contribution is 5.03. The Bertz CT molecular complexity index is 304. The predicted molar refractivity (Wildman–Crippen MR) is 85.6 cm³/mol. The smallest absolute Gasteiger partial charge is 0.103 e. The number of rotatable bonds is 11. The first kappa shape index (κ1) is 17.5. The highest BCUT2D eigenvalue weighted by Crippen LogP contribution is 2.28. The standard InChI is InChI=1S/C17H33N3/c1-5-11-19-17(4,14-18)10-6-12-20(16-7-8-16)13-9-15(2)3/h15-16,19H,5-13H2,1-4H3. The van der Waals surface area contributed by atoms with Gasteiger partial charge in [-0.05, 0) is 71.0 Å². The van der Waals surface area contributed by atoms with Gasteiger partial charge in [-0.2, -0.15) is 5.26 Å². The Morgan fingerprint density at radius 3 is 2.55 bits per heavy atom. The molecular formula is C17H33N3. The third-order valence-corrected chi connectivity index (χ3v) is 4.19. The lowest BCUT2D eigenvalue weighted by molar-refractivity contribution is 0.234. The molecule has 1 fully saturated rings. The van der Waals surface area contributed by atoms with Gasteiger partial charge in [0, 0.05) is 6.04 Å². The fourth-order valence-corrected chi connectivity index (χ4v) is 2.56. The SMILES string of the molecule is CCCNC(C)(C#N)CCCN(CCC(C)C)C1CC1. The second-order valence-electron chi connectivity index (χ2n) is 6.92. The molecule has 1 saturated carbocycles. The molecule has 1 N–H and O–H groups in total. The molecule has 1 rings (SSSR count). The van der Waals surface area contributed by atoms with E-state index in [0.717, 1.165) is 44.3 Å². The van der Waals surface area contributed by atoms with Gasteiger partial charge in [0.15, 0.2) is 0 Å². The van der Waals surface area contributed by atoms with E-state index in [1.54, 1.807) is 0 Å². The molecule has 116 valence electrons. The minimum atomic E-state index is -0.344. The fourth-order valence-electron chi connectivity index (χ4n) is 2.56.